The zero-order valence-corrected chi connectivity index (χ0v) is 11.2. The maximum atomic E-state index is 5.81. The van der Waals surface area contributed by atoms with E-state index in [1.165, 1.54) is 22.3 Å². The lowest BCUT2D eigenvalue weighted by Gasteiger charge is -2.10. The number of hydrogen-bond acceptors (Lipinski definition) is 1. The van der Waals surface area contributed by atoms with Gasteiger partial charge < -0.3 is 5.73 Å². The Morgan fingerprint density at radius 1 is 1.00 bits per heavy atom. The van der Waals surface area contributed by atoms with E-state index in [9.17, 15) is 0 Å². The van der Waals surface area contributed by atoms with Crippen LogP contribution in [0.1, 0.15) is 25.0 Å². The van der Waals surface area contributed by atoms with Crippen molar-refractivity contribution in [1.82, 2.24) is 0 Å². The molecule has 1 nitrogen and oxygen atoms in total. The molecule has 2 aromatic carbocycles. The summed E-state index contributed by atoms with van der Waals surface area (Å²) in [5.41, 5.74) is 10.9. The highest BCUT2D eigenvalue weighted by Crippen LogP contribution is 2.25. The van der Waals surface area contributed by atoms with Crippen LogP contribution in [0.15, 0.2) is 48.5 Å². The second-order valence-electron chi connectivity index (χ2n) is 5.16. The molecule has 0 saturated heterocycles. The van der Waals surface area contributed by atoms with E-state index in [-0.39, 0.29) is 0 Å². The van der Waals surface area contributed by atoms with Gasteiger partial charge in [-0.15, -0.1) is 0 Å². The molecule has 0 bridgehead atoms. The van der Waals surface area contributed by atoms with Crippen LogP contribution in [0.5, 0.6) is 0 Å². The first-order valence-corrected chi connectivity index (χ1v) is 6.58. The third-order valence-electron chi connectivity index (χ3n) is 3.12. The third kappa shape index (κ3) is 2.99. The summed E-state index contributed by atoms with van der Waals surface area (Å²) < 4.78 is 0. The highest BCUT2D eigenvalue weighted by molar-refractivity contribution is 5.67. The van der Waals surface area contributed by atoms with Crippen LogP contribution in [0.3, 0.4) is 0 Å². The lowest BCUT2D eigenvalue weighted by atomic mass is 9.95. The lowest BCUT2D eigenvalue weighted by Crippen LogP contribution is -1.99. The molecule has 0 amide bonds. The van der Waals surface area contributed by atoms with Crippen LogP contribution >= 0.6 is 0 Å². The van der Waals surface area contributed by atoms with Crippen LogP contribution in [0, 0.1) is 5.92 Å². The largest absolute Gasteiger partial charge is 0.326 e. The van der Waals surface area contributed by atoms with Gasteiger partial charge in [0.1, 0.15) is 0 Å². The van der Waals surface area contributed by atoms with Crippen molar-refractivity contribution in [2.24, 2.45) is 11.7 Å². The van der Waals surface area contributed by atoms with Crippen molar-refractivity contribution in [2.45, 2.75) is 26.8 Å². The molecule has 0 heterocycles. The van der Waals surface area contributed by atoms with Gasteiger partial charge in [-0.1, -0.05) is 62.4 Å². The van der Waals surface area contributed by atoms with E-state index in [0.29, 0.717) is 12.5 Å². The Bertz CT molecular complexity index is 515. The monoisotopic (exact) mass is 239 g/mol. The van der Waals surface area contributed by atoms with Crippen molar-refractivity contribution < 1.29 is 0 Å². The van der Waals surface area contributed by atoms with Gasteiger partial charge in [-0.3, -0.25) is 0 Å². The first-order chi connectivity index (χ1) is 8.70. The molecule has 0 radical (unpaired) electrons. The Hall–Kier alpha value is -1.60. The molecule has 0 unspecified atom stereocenters. The SMILES string of the molecule is CC(C)Cc1cccc(-c2ccccc2CN)c1. The normalized spacial score (nSPS) is 10.9. The average Bonchev–Trinajstić information content (AvgIpc) is 2.38. The van der Waals surface area contributed by atoms with Gasteiger partial charge in [0.25, 0.3) is 0 Å². The van der Waals surface area contributed by atoms with E-state index in [1.807, 2.05) is 6.07 Å². The second kappa shape index (κ2) is 5.83. The fourth-order valence-corrected chi connectivity index (χ4v) is 2.32. The summed E-state index contributed by atoms with van der Waals surface area (Å²) in [7, 11) is 0. The zero-order valence-electron chi connectivity index (χ0n) is 11.2. The average molecular weight is 239 g/mol. The van der Waals surface area contributed by atoms with Gasteiger partial charge >= 0.3 is 0 Å². The minimum atomic E-state index is 0.588. The zero-order chi connectivity index (χ0) is 13.0. The van der Waals surface area contributed by atoms with Gasteiger partial charge in [0.2, 0.25) is 0 Å². The molecule has 0 aliphatic rings. The van der Waals surface area contributed by atoms with E-state index in [2.05, 4.69) is 56.3 Å². The molecule has 2 N–H and O–H groups in total. The van der Waals surface area contributed by atoms with Crippen molar-refractivity contribution in [2.75, 3.05) is 0 Å². The molecule has 0 saturated carbocycles. The van der Waals surface area contributed by atoms with Crippen molar-refractivity contribution in [3.05, 3.63) is 59.7 Å². The van der Waals surface area contributed by atoms with Gasteiger partial charge in [0, 0.05) is 6.54 Å². The lowest BCUT2D eigenvalue weighted by molar-refractivity contribution is 0.647. The fraction of sp³-hybridized carbons (Fsp3) is 0.294. The molecule has 18 heavy (non-hydrogen) atoms. The van der Waals surface area contributed by atoms with Crippen molar-refractivity contribution in [3.8, 4) is 11.1 Å². The van der Waals surface area contributed by atoms with Crippen molar-refractivity contribution in [3.63, 3.8) is 0 Å². The summed E-state index contributed by atoms with van der Waals surface area (Å²) in [6, 6.07) is 17.2. The highest BCUT2D eigenvalue weighted by atomic mass is 14.5. The Morgan fingerprint density at radius 3 is 2.50 bits per heavy atom. The molecular formula is C17H21N. The molecular weight excluding hydrogens is 218 g/mol. The van der Waals surface area contributed by atoms with E-state index in [1.54, 1.807) is 0 Å². The summed E-state index contributed by atoms with van der Waals surface area (Å²) >= 11 is 0. The summed E-state index contributed by atoms with van der Waals surface area (Å²) in [5.74, 6) is 0.685. The Labute approximate surface area is 110 Å². The molecule has 0 atom stereocenters. The van der Waals surface area contributed by atoms with Crippen LogP contribution in [0.4, 0.5) is 0 Å². The van der Waals surface area contributed by atoms with E-state index >= 15 is 0 Å². The van der Waals surface area contributed by atoms with Gasteiger partial charge in [-0.25, -0.2) is 0 Å². The Morgan fingerprint density at radius 2 is 1.78 bits per heavy atom. The van der Waals surface area contributed by atoms with Crippen LogP contribution in [-0.2, 0) is 13.0 Å². The van der Waals surface area contributed by atoms with Crippen LogP contribution < -0.4 is 5.73 Å². The second-order valence-corrected chi connectivity index (χ2v) is 5.16. The molecule has 0 aliphatic carbocycles. The van der Waals surface area contributed by atoms with E-state index in [0.717, 1.165) is 6.42 Å². The van der Waals surface area contributed by atoms with Gasteiger partial charge in [-0.05, 0) is 34.6 Å². The topological polar surface area (TPSA) is 26.0 Å². The molecule has 1 heteroatoms. The number of nitrogens with two attached hydrogens (primary N) is 1. The molecule has 0 aromatic heterocycles. The summed E-state index contributed by atoms with van der Waals surface area (Å²) in [6.07, 6.45) is 1.12. The smallest absolute Gasteiger partial charge is 0.0184 e. The molecule has 0 aliphatic heterocycles. The van der Waals surface area contributed by atoms with E-state index in [4.69, 9.17) is 5.73 Å². The van der Waals surface area contributed by atoms with Gasteiger partial charge in [0.15, 0.2) is 0 Å². The van der Waals surface area contributed by atoms with Gasteiger partial charge in [-0.2, -0.15) is 0 Å². The first-order valence-electron chi connectivity index (χ1n) is 6.58. The molecule has 94 valence electrons. The molecule has 2 rings (SSSR count). The van der Waals surface area contributed by atoms with Gasteiger partial charge in [0.05, 0.1) is 0 Å². The molecule has 0 fully saturated rings. The highest BCUT2D eigenvalue weighted by Gasteiger charge is 2.04. The molecule has 0 spiro atoms. The van der Waals surface area contributed by atoms with Crippen LogP contribution in [0.2, 0.25) is 0 Å². The maximum absolute atomic E-state index is 5.81. The first kappa shape index (κ1) is 12.8. The predicted molar refractivity (Wildman–Crippen MR) is 78.3 cm³/mol. The summed E-state index contributed by atoms with van der Waals surface area (Å²) in [6.45, 7) is 5.09. The van der Waals surface area contributed by atoms with E-state index < -0.39 is 0 Å². The quantitative estimate of drug-likeness (QED) is 0.857. The maximum Gasteiger partial charge on any atom is 0.0184 e. The number of rotatable bonds is 4. The number of benzene rings is 2. The third-order valence-corrected chi connectivity index (χ3v) is 3.12. The minimum Gasteiger partial charge on any atom is -0.326 e. The fourth-order valence-electron chi connectivity index (χ4n) is 2.32. The summed E-state index contributed by atoms with van der Waals surface area (Å²) in [5, 5.41) is 0. The minimum absolute atomic E-state index is 0.588. The van der Waals surface area contributed by atoms with Crippen molar-refractivity contribution >= 4 is 0 Å². The Kier molecular flexibility index (Phi) is 4.16. The molecule has 2 aromatic rings. The van der Waals surface area contributed by atoms with Crippen LogP contribution in [0.25, 0.3) is 11.1 Å². The number of hydrogen-bond donors (Lipinski definition) is 1. The Balaban J connectivity index is 2.38. The predicted octanol–water partition coefficient (Wildman–Crippen LogP) is 4.01. The van der Waals surface area contributed by atoms with Crippen molar-refractivity contribution in [1.29, 1.82) is 0 Å². The standard InChI is InChI=1S/C17H21N/c1-13(2)10-14-6-5-8-15(11-14)17-9-4-3-7-16(17)12-18/h3-9,11,13H,10,12,18H2,1-2H3. The summed E-state index contributed by atoms with van der Waals surface area (Å²) in [4.78, 5) is 0. The van der Waals surface area contributed by atoms with Crippen LogP contribution in [-0.4, -0.2) is 0 Å².